The molecule has 10 heavy (non-hydrogen) atoms. The van der Waals surface area contributed by atoms with Gasteiger partial charge in [-0.3, -0.25) is 0 Å². The smallest absolute Gasteiger partial charge is 0 e. The van der Waals surface area contributed by atoms with Crippen LogP contribution in [0, 0.1) is 0 Å². The van der Waals surface area contributed by atoms with E-state index in [2.05, 4.69) is 0 Å². The maximum absolute atomic E-state index is 0. The molecule has 7 nitrogen and oxygen atoms in total. The molecule has 0 rings (SSSR count). The molecule has 0 aliphatic heterocycles. The van der Waals surface area contributed by atoms with Crippen LogP contribution in [0.25, 0.3) is 0 Å². The molecule has 10 heteroatoms. The minimum absolute atomic E-state index is 0. The van der Waals surface area contributed by atoms with Gasteiger partial charge in [0, 0.05) is 51.2 Å². The van der Waals surface area contributed by atoms with Gasteiger partial charge < -0.3 is 38.3 Å². The van der Waals surface area contributed by atoms with Crippen LogP contribution in [-0.4, -0.2) is 38.3 Å². The third-order valence-corrected chi connectivity index (χ3v) is 0. The van der Waals surface area contributed by atoms with Gasteiger partial charge in [0.2, 0.25) is 0 Å². The Morgan fingerprint density at radius 1 is 0.200 bits per heavy atom. The quantitative estimate of drug-likeness (QED) is 0.381. The Balaban J connectivity index is 0. The zero-order valence-electron chi connectivity index (χ0n) is 4.56. The van der Waals surface area contributed by atoms with Gasteiger partial charge in [-0.05, 0) is 0 Å². The second-order valence-corrected chi connectivity index (χ2v) is 0. The van der Waals surface area contributed by atoms with E-state index < -0.39 is 0 Å². The van der Waals surface area contributed by atoms with E-state index in [0.29, 0.717) is 0 Å². The summed E-state index contributed by atoms with van der Waals surface area (Å²) in [5, 5.41) is 0. The summed E-state index contributed by atoms with van der Waals surface area (Å²) >= 11 is 0. The first-order chi connectivity index (χ1) is 0. The predicted molar refractivity (Wildman–Crippen MR) is 25.3 cm³/mol. The van der Waals surface area contributed by atoms with Crippen LogP contribution in [-0.2, 0) is 51.2 Å². The molecule has 0 bridgehead atoms. The molecule has 0 aliphatic carbocycles. The van der Waals surface area contributed by atoms with Gasteiger partial charge in [0.15, 0.2) is 0 Å². The Morgan fingerprint density at radius 3 is 0.200 bits per heavy atom. The van der Waals surface area contributed by atoms with E-state index >= 15 is 0 Å². The fraction of sp³-hybridized carbons (Fsp3) is 0. The van der Waals surface area contributed by atoms with E-state index in [4.69, 9.17) is 0 Å². The summed E-state index contributed by atoms with van der Waals surface area (Å²) in [6.45, 7) is 0. The van der Waals surface area contributed by atoms with Crippen molar-refractivity contribution in [2.75, 3.05) is 0 Å². The van der Waals surface area contributed by atoms with Crippen molar-refractivity contribution in [1.82, 2.24) is 0 Å². The second kappa shape index (κ2) is 541. The summed E-state index contributed by atoms with van der Waals surface area (Å²) in [6, 6.07) is 0. The van der Waals surface area contributed by atoms with Crippen molar-refractivity contribution >= 4 is 0 Å². The zero-order valence-corrected chi connectivity index (χ0v) is 7.87. The van der Waals surface area contributed by atoms with Crippen molar-refractivity contribution < 1.29 is 89.5 Å². The van der Waals surface area contributed by atoms with Crippen molar-refractivity contribution in [3.8, 4) is 0 Å². The van der Waals surface area contributed by atoms with Crippen LogP contribution in [0.4, 0.5) is 0 Å². The molecular formula is H14Fe3O7. The van der Waals surface area contributed by atoms with Gasteiger partial charge in [-0.1, -0.05) is 0 Å². The Hall–Kier alpha value is 1.28. The summed E-state index contributed by atoms with van der Waals surface area (Å²) in [6.07, 6.45) is 0. The van der Waals surface area contributed by atoms with Gasteiger partial charge in [0.1, 0.15) is 0 Å². The normalized spacial score (nSPS) is 0. The second-order valence-electron chi connectivity index (χ2n) is 0. The van der Waals surface area contributed by atoms with E-state index in [1.54, 1.807) is 0 Å². The first-order valence-corrected chi connectivity index (χ1v) is 0. The van der Waals surface area contributed by atoms with Crippen LogP contribution in [0.3, 0.4) is 0 Å². The van der Waals surface area contributed by atoms with Crippen molar-refractivity contribution in [3.05, 3.63) is 0 Å². The molecule has 0 heterocycles. The van der Waals surface area contributed by atoms with Crippen LogP contribution in [0.5, 0.6) is 0 Å². The standard InChI is InChI=1S/3Fe.7H2O/h;;;7*1H2. The summed E-state index contributed by atoms with van der Waals surface area (Å²) in [5.74, 6) is 0. The molecule has 0 spiro atoms. The molecule has 0 saturated heterocycles. The van der Waals surface area contributed by atoms with Crippen molar-refractivity contribution in [1.29, 1.82) is 0 Å². The molecule has 0 aliphatic rings. The van der Waals surface area contributed by atoms with Crippen LogP contribution in [0.15, 0.2) is 0 Å². The summed E-state index contributed by atoms with van der Waals surface area (Å²) in [4.78, 5) is 0. The van der Waals surface area contributed by atoms with Gasteiger partial charge in [0.05, 0.1) is 0 Å². The van der Waals surface area contributed by atoms with Gasteiger partial charge in [0.25, 0.3) is 0 Å². The topological polar surface area (TPSA) is 220 Å². The fourth-order valence-corrected chi connectivity index (χ4v) is 0. The molecule has 0 fully saturated rings. The first-order valence-electron chi connectivity index (χ1n) is 0. The van der Waals surface area contributed by atoms with Crippen LogP contribution < -0.4 is 0 Å². The van der Waals surface area contributed by atoms with Gasteiger partial charge >= 0.3 is 0 Å². The Morgan fingerprint density at radius 2 is 0.200 bits per heavy atom. The number of rotatable bonds is 0. The SMILES string of the molecule is O.O.O.O.O.O.O.[Fe].[Fe].[Fe]. The van der Waals surface area contributed by atoms with Crippen molar-refractivity contribution in [2.24, 2.45) is 0 Å². The van der Waals surface area contributed by atoms with E-state index in [-0.39, 0.29) is 89.5 Å². The van der Waals surface area contributed by atoms with E-state index in [1.807, 2.05) is 0 Å². The van der Waals surface area contributed by atoms with E-state index in [1.165, 1.54) is 0 Å². The van der Waals surface area contributed by atoms with E-state index in [0.717, 1.165) is 0 Å². The van der Waals surface area contributed by atoms with E-state index in [9.17, 15) is 0 Å². The minimum Gasteiger partial charge on any atom is -0.412 e. The average molecular weight is 294 g/mol. The minimum atomic E-state index is 0. The maximum atomic E-state index is 0. The first kappa shape index (κ1) is 729. The number of hydrogen-bond donors (Lipinski definition) is 0. The molecule has 0 radical (unpaired) electrons. The van der Waals surface area contributed by atoms with Gasteiger partial charge in [-0.25, -0.2) is 0 Å². The molecule has 0 aromatic rings. The number of hydrogen-bond acceptors (Lipinski definition) is 0. The van der Waals surface area contributed by atoms with Gasteiger partial charge in [-0.2, -0.15) is 0 Å². The molecule has 80 valence electrons. The fourth-order valence-electron chi connectivity index (χ4n) is 0. The van der Waals surface area contributed by atoms with Crippen molar-refractivity contribution in [3.63, 3.8) is 0 Å². The summed E-state index contributed by atoms with van der Waals surface area (Å²) in [7, 11) is 0. The molecule has 0 amide bonds. The van der Waals surface area contributed by atoms with Crippen LogP contribution in [0.2, 0.25) is 0 Å². The van der Waals surface area contributed by atoms with Gasteiger partial charge in [-0.15, -0.1) is 0 Å². The molecule has 0 aromatic heterocycles. The third-order valence-electron chi connectivity index (χ3n) is 0. The zero-order chi connectivity index (χ0) is 0. The Kier molecular flexibility index (Phi) is 39500. The molecular weight excluding hydrogens is 280 g/mol. The van der Waals surface area contributed by atoms with Crippen molar-refractivity contribution in [2.45, 2.75) is 0 Å². The molecule has 14 N–H and O–H groups in total. The predicted octanol–water partition coefficient (Wildman–Crippen LogP) is -5.78. The Labute approximate surface area is 89.5 Å². The molecule has 0 atom stereocenters. The molecule has 0 unspecified atom stereocenters. The van der Waals surface area contributed by atoms with Crippen LogP contribution >= 0.6 is 0 Å². The monoisotopic (exact) mass is 294 g/mol. The van der Waals surface area contributed by atoms with Crippen LogP contribution in [0.1, 0.15) is 0 Å². The third kappa shape index (κ3) is 389. The summed E-state index contributed by atoms with van der Waals surface area (Å²) < 4.78 is 0. The maximum Gasteiger partial charge on any atom is 0 e. The molecule has 0 saturated carbocycles. The largest absolute Gasteiger partial charge is 0.412 e. The summed E-state index contributed by atoms with van der Waals surface area (Å²) in [5.41, 5.74) is 0. The molecule has 0 aromatic carbocycles. The average Bonchev–Trinajstić information content (AvgIpc) is 0. The Bertz CT molecular complexity index is 8.81.